The van der Waals surface area contributed by atoms with E-state index in [1.807, 2.05) is 0 Å². The molecule has 1 N–H and O–H groups in total. The minimum absolute atomic E-state index is 0.221. The van der Waals surface area contributed by atoms with Crippen LogP contribution in [0.4, 0.5) is 17.6 Å². The lowest BCUT2D eigenvalue weighted by Gasteiger charge is -2.10. The lowest BCUT2D eigenvalue weighted by Crippen LogP contribution is -2.10. The van der Waals surface area contributed by atoms with Gasteiger partial charge in [0.2, 0.25) is 0 Å². The zero-order valence-electron chi connectivity index (χ0n) is 9.02. The summed E-state index contributed by atoms with van der Waals surface area (Å²) in [5.41, 5.74) is -1.48. The molecule has 0 unspecified atom stereocenters. The second kappa shape index (κ2) is 3.98. The van der Waals surface area contributed by atoms with Crippen LogP contribution in [-0.4, -0.2) is 10.7 Å². The molecular formula is C12H12F4O. The van der Waals surface area contributed by atoms with Crippen molar-refractivity contribution < 1.29 is 22.7 Å². The molecule has 1 aromatic rings. The van der Waals surface area contributed by atoms with Crippen molar-refractivity contribution in [3.8, 4) is 0 Å². The van der Waals surface area contributed by atoms with Gasteiger partial charge in [-0.1, -0.05) is 6.07 Å². The number of halogens is 4. The summed E-state index contributed by atoms with van der Waals surface area (Å²) in [7, 11) is 0. The van der Waals surface area contributed by atoms with Gasteiger partial charge in [-0.05, 0) is 43.4 Å². The highest BCUT2D eigenvalue weighted by Crippen LogP contribution is 2.39. The number of benzene rings is 1. The van der Waals surface area contributed by atoms with Gasteiger partial charge in [0.15, 0.2) is 0 Å². The van der Waals surface area contributed by atoms with Crippen LogP contribution >= 0.6 is 0 Å². The quantitative estimate of drug-likeness (QED) is 0.814. The van der Waals surface area contributed by atoms with Crippen LogP contribution in [0.5, 0.6) is 0 Å². The van der Waals surface area contributed by atoms with Gasteiger partial charge in [-0.2, -0.15) is 13.2 Å². The van der Waals surface area contributed by atoms with Crippen molar-refractivity contribution in [1.82, 2.24) is 0 Å². The van der Waals surface area contributed by atoms with Crippen molar-refractivity contribution in [3.05, 3.63) is 35.1 Å². The van der Waals surface area contributed by atoms with E-state index in [4.69, 9.17) is 0 Å². The largest absolute Gasteiger partial charge is 0.416 e. The first-order valence-electron chi connectivity index (χ1n) is 5.38. The van der Waals surface area contributed by atoms with E-state index in [1.54, 1.807) is 0 Å². The van der Waals surface area contributed by atoms with Crippen molar-refractivity contribution in [2.45, 2.75) is 37.5 Å². The van der Waals surface area contributed by atoms with Gasteiger partial charge in [0.1, 0.15) is 5.82 Å². The summed E-state index contributed by atoms with van der Waals surface area (Å²) in [4.78, 5) is 0. The van der Waals surface area contributed by atoms with Crippen molar-refractivity contribution in [2.24, 2.45) is 0 Å². The highest BCUT2D eigenvalue weighted by molar-refractivity contribution is 5.26. The van der Waals surface area contributed by atoms with Crippen molar-refractivity contribution in [2.75, 3.05) is 0 Å². The van der Waals surface area contributed by atoms with Crippen LogP contribution in [0.2, 0.25) is 0 Å². The molecule has 1 aromatic carbocycles. The highest BCUT2D eigenvalue weighted by Gasteiger charge is 2.39. The zero-order valence-corrected chi connectivity index (χ0v) is 9.02. The van der Waals surface area contributed by atoms with Gasteiger partial charge in [-0.25, -0.2) is 4.39 Å². The number of aryl methyl sites for hydroxylation is 1. The molecule has 1 aliphatic rings. The van der Waals surface area contributed by atoms with Crippen LogP contribution in [0.15, 0.2) is 18.2 Å². The molecule has 1 fully saturated rings. The molecule has 2 rings (SSSR count). The monoisotopic (exact) mass is 248 g/mol. The molecule has 17 heavy (non-hydrogen) atoms. The van der Waals surface area contributed by atoms with Gasteiger partial charge in [-0.15, -0.1) is 0 Å². The van der Waals surface area contributed by atoms with Gasteiger partial charge in [0.05, 0.1) is 11.2 Å². The molecule has 0 atom stereocenters. The average Bonchev–Trinajstić information content (AvgIpc) is 2.94. The molecule has 0 aliphatic heterocycles. The van der Waals surface area contributed by atoms with Crippen molar-refractivity contribution in [3.63, 3.8) is 0 Å². The smallest absolute Gasteiger partial charge is 0.390 e. The van der Waals surface area contributed by atoms with Gasteiger partial charge in [-0.3, -0.25) is 0 Å². The predicted molar refractivity (Wildman–Crippen MR) is 53.9 cm³/mol. The Bertz CT molecular complexity index is 421. The zero-order chi connectivity index (χ0) is 12.7. The molecule has 0 heterocycles. The number of hydrogen-bond donors (Lipinski definition) is 1. The predicted octanol–water partition coefficient (Wildman–Crippen LogP) is 3.30. The number of aliphatic hydroxyl groups is 1. The standard InChI is InChI=1S/C12H12F4O/c13-10-7-9(12(14,15)16)2-1-8(10)3-4-11(17)5-6-11/h1-2,7,17H,3-6H2. The molecule has 0 radical (unpaired) electrons. The summed E-state index contributed by atoms with van der Waals surface area (Å²) in [6.45, 7) is 0. The molecule has 1 nitrogen and oxygen atoms in total. The third-order valence-corrected chi connectivity index (χ3v) is 3.07. The molecule has 0 amide bonds. The summed E-state index contributed by atoms with van der Waals surface area (Å²) >= 11 is 0. The molecule has 1 saturated carbocycles. The van der Waals surface area contributed by atoms with E-state index in [2.05, 4.69) is 0 Å². The number of rotatable bonds is 3. The Morgan fingerprint density at radius 1 is 1.24 bits per heavy atom. The molecule has 0 spiro atoms. The Hall–Kier alpha value is -1.10. The summed E-state index contributed by atoms with van der Waals surface area (Å²) in [5, 5.41) is 9.56. The van der Waals surface area contributed by atoms with Crippen LogP contribution in [0.3, 0.4) is 0 Å². The summed E-state index contributed by atoms with van der Waals surface area (Å²) < 4.78 is 50.2. The minimum atomic E-state index is -4.52. The maximum atomic E-state index is 13.4. The van der Waals surface area contributed by atoms with Crippen LogP contribution in [0.25, 0.3) is 0 Å². The molecular weight excluding hydrogens is 236 g/mol. The molecule has 94 valence electrons. The summed E-state index contributed by atoms with van der Waals surface area (Å²) in [6.07, 6.45) is -2.48. The summed E-state index contributed by atoms with van der Waals surface area (Å²) in [5.74, 6) is -0.857. The lowest BCUT2D eigenvalue weighted by molar-refractivity contribution is -0.137. The van der Waals surface area contributed by atoms with Crippen molar-refractivity contribution >= 4 is 0 Å². The fraction of sp³-hybridized carbons (Fsp3) is 0.500. The molecule has 1 aliphatic carbocycles. The number of alkyl halides is 3. The van der Waals surface area contributed by atoms with Crippen LogP contribution < -0.4 is 0 Å². The summed E-state index contributed by atoms with van der Waals surface area (Å²) in [6, 6.07) is 2.52. The second-order valence-electron chi connectivity index (χ2n) is 4.53. The first kappa shape index (κ1) is 12.4. The van der Waals surface area contributed by atoms with Gasteiger partial charge in [0, 0.05) is 0 Å². The Morgan fingerprint density at radius 2 is 1.88 bits per heavy atom. The van der Waals surface area contributed by atoms with E-state index < -0.39 is 23.2 Å². The molecule has 0 bridgehead atoms. The normalized spacial score (nSPS) is 18.2. The van der Waals surface area contributed by atoms with E-state index in [9.17, 15) is 22.7 Å². The van der Waals surface area contributed by atoms with E-state index >= 15 is 0 Å². The van der Waals surface area contributed by atoms with Crippen LogP contribution in [0, 0.1) is 5.82 Å². The maximum absolute atomic E-state index is 13.4. The van der Waals surface area contributed by atoms with E-state index in [1.165, 1.54) is 0 Å². The highest BCUT2D eigenvalue weighted by atomic mass is 19.4. The third-order valence-electron chi connectivity index (χ3n) is 3.07. The van der Waals surface area contributed by atoms with Gasteiger partial charge >= 0.3 is 6.18 Å². The van der Waals surface area contributed by atoms with Gasteiger partial charge < -0.3 is 5.11 Å². The minimum Gasteiger partial charge on any atom is -0.390 e. The Kier molecular flexibility index (Phi) is 2.89. The first-order chi connectivity index (χ1) is 7.80. The first-order valence-corrected chi connectivity index (χ1v) is 5.38. The second-order valence-corrected chi connectivity index (χ2v) is 4.53. The van der Waals surface area contributed by atoms with Crippen LogP contribution in [-0.2, 0) is 12.6 Å². The lowest BCUT2D eigenvalue weighted by atomic mass is 10.0. The fourth-order valence-electron chi connectivity index (χ4n) is 1.69. The number of hydrogen-bond acceptors (Lipinski definition) is 1. The third kappa shape index (κ3) is 2.97. The Morgan fingerprint density at radius 3 is 2.35 bits per heavy atom. The Balaban J connectivity index is 2.09. The maximum Gasteiger partial charge on any atom is 0.416 e. The topological polar surface area (TPSA) is 20.2 Å². The van der Waals surface area contributed by atoms with Gasteiger partial charge in [0.25, 0.3) is 0 Å². The Labute approximate surface area is 96.1 Å². The van der Waals surface area contributed by atoms with E-state index in [0.717, 1.165) is 12.1 Å². The van der Waals surface area contributed by atoms with E-state index in [-0.39, 0.29) is 12.0 Å². The average molecular weight is 248 g/mol. The molecule has 0 aromatic heterocycles. The van der Waals surface area contributed by atoms with Crippen LogP contribution in [0.1, 0.15) is 30.4 Å². The molecule has 5 heteroatoms. The SMILES string of the molecule is OC1(CCc2ccc(C(F)(F)F)cc2F)CC1. The fourth-order valence-corrected chi connectivity index (χ4v) is 1.69. The van der Waals surface area contributed by atoms with E-state index in [0.29, 0.717) is 25.3 Å². The van der Waals surface area contributed by atoms with Crippen molar-refractivity contribution in [1.29, 1.82) is 0 Å². The molecule has 0 saturated heterocycles.